The Morgan fingerprint density at radius 2 is 0.738 bits per heavy atom. The van der Waals surface area contributed by atoms with Gasteiger partial charge in [0.1, 0.15) is 36.0 Å². The molecule has 19 rings (SSSR count). The molecule has 496 valence electrons. The number of benzene rings is 14. The molecule has 19 aromatic rings. The molecule has 0 spiro atoms. The molecular weight excluding hydrogens is 1260 g/mol. The van der Waals surface area contributed by atoms with Gasteiger partial charge < -0.3 is 0 Å². The number of rotatable bonds is 5. The summed E-state index contributed by atoms with van der Waals surface area (Å²) in [6.45, 7) is 13.0. The predicted molar refractivity (Wildman–Crippen MR) is 426 cm³/mol. The Balaban J connectivity index is 0.000000106. The fraction of sp³-hybridized carbons (Fsp3) is 0.106. The lowest BCUT2D eigenvalue weighted by Gasteiger charge is -2.12. The second-order valence-corrected chi connectivity index (χ2v) is 27.4. The van der Waals surface area contributed by atoms with Crippen LogP contribution in [0, 0.1) is 41.5 Å². The van der Waals surface area contributed by atoms with Crippen molar-refractivity contribution in [3.8, 4) is 51.2 Å². The van der Waals surface area contributed by atoms with E-state index in [9.17, 15) is 0 Å². The van der Waals surface area contributed by atoms with Crippen LogP contribution in [0.15, 0.2) is 298 Å². The normalized spacial score (nSPS) is 11.4. The monoisotopic (exact) mass is 1330 g/mol. The number of nitrogens with zero attached hydrogens (tertiary/aromatic N) is 9. The molecule has 0 saturated heterocycles. The topological polar surface area (TPSA) is 72.0 Å². The fourth-order valence-electron chi connectivity index (χ4n) is 15.3. The molecule has 0 aliphatic rings. The fourth-order valence-corrected chi connectivity index (χ4v) is 15.3. The van der Waals surface area contributed by atoms with Gasteiger partial charge in [0.05, 0.1) is 72.9 Å². The Hall–Kier alpha value is -12.7. The maximum Gasteiger partial charge on any atom is 0.331 e. The maximum atomic E-state index is 4.96. The average molecular weight is 1330 g/mol. The van der Waals surface area contributed by atoms with Gasteiger partial charge in [-0.05, 0) is 221 Å². The molecule has 0 aliphatic heterocycles. The van der Waals surface area contributed by atoms with E-state index in [0.717, 1.165) is 39.3 Å². The van der Waals surface area contributed by atoms with E-state index in [1.807, 2.05) is 50.0 Å². The Morgan fingerprint density at radius 1 is 0.291 bits per heavy atom. The molecule has 0 radical (unpaired) electrons. The predicted octanol–water partition coefficient (Wildman–Crippen LogP) is 20.5. The van der Waals surface area contributed by atoms with E-state index in [4.69, 9.17) is 9.97 Å². The lowest BCUT2D eigenvalue weighted by Crippen LogP contribution is -2.33. The zero-order valence-electron chi connectivity index (χ0n) is 59.8. The van der Waals surface area contributed by atoms with Gasteiger partial charge in [0, 0.05) is 23.0 Å². The van der Waals surface area contributed by atoms with Crippen LogP contribution in [0.25, 0.3) is 159 Å². The van der Waals surface area contributed by atoms with E-state index in [0.29, 0.717) is 0 Å². The number of imidazole rings is 1. The summed E-state index contributed by atoms with van der Waals surface area (Å²) in [4.78, 5) is 18.9. The van der Waals surface area contributed by atoms with E-state index in [1.165, 1.54) is 153 Å². The minimum Gasteiger partial charge on any atom is -0.256 e. The van der Waals surface area contributed by atoms with Crippen LogP contribution in [0.4, 0.5) is 0 Å². The number of pyridine rings is 1. The first-order chi connectivity index (χ1) is 50.2. The zero-order valence-corrected chi connectivity index (χ0v) is 59.8. The zero-order chi connectivity index (χ0) is 70.6. The molecule has 5 aromatic heterocycles. The van der Waals surface area contributed by atoms with Crippen molar-refractivity contribution < 1.29 is 18.3 Å². The first-order valence-electron chi connectivity index (χ1n) is 35.2. The van der Waals surface area contributed by atoms with Crippen LogP contribution in [-0.4, -0.2) is 24.5 Å². The third-order valence-corrected chi connectivity index (χ3v) is 20.5. The van der Waals surface area contributed by atoms with Crippen molar-refractivity contribution in [2.75, 3.05) is 0 Å². The Labute approximate surface area is 599 Å². The van der Waals surface area contributed by atoms with Crippen LogP contribution in [0.2, 0.25) is 0 Å². The summed E-state index contributed by atoms with van der Waals surface area (Å²) in [5, 5.41) is 21.3. The van der Waals surface area contributed by atoms with E-state index in [2.05, 4.69) is 351 Å². The average Bonchev–Trinajstić information content (AvgIpc) is 1.53. The molecule has 0 amide bonds. The summed E-state index contributed by atoms with van der Waals surface area (Å²) in [7, 11) is 8.32. The van der Waals surface area contributed by atoms with Crippen LogP contribution in [0.1, 0.15) is 33.4 Å². The van der Waals surface area contributed by atoms with Crippen molar-refractivity contribution in [2.24, 2.45) is 28.2 Å². The quantitative estimate of drug-likeness (QED) is 0.127. The van der Waals surface area contributed by atoms with Crippen LogP contribution in [0.5, 0.6) is 0 Å². The molecule has 103 heavy (non-hydrogen) atoms. The second-order valence-electron chi connectivity index (χ2n) is 27.4. The number of para-hydroxylation sites is 4. The SMILES string of the molecule is Cc1cc2ccc3ccccc3c2cc1-c1nc2ccccc2c[n+]1C.Cc1cc2ccc3ccccc3c2cc1-c1ncc2ccccc2[n+]1C.Cc1cc2ccc3ccccc3c2cc1-c1nccc[n+]1C.Cc1cc2cnc3ccccc3c2cc1-c1n(-c2c(C)cccc2C)cc[n+]1C. The molecule has 0 bridgehead atoms. The van der Waals surface area contributed by atoms with Gasteiger partial charge >= 0.3 is 17.5 Å². The van der Waals surface area contributed by atoms with Gasteiger partial charge in [0.25, 0.3) is 5.82 Å². The summed E-state index contributed by atoms with van der Waals surface area (Å²) < 4.78 is 10.9. The van der Waals surface area contributed by atoms with Crippen molar-refractivity contribution >= 4 is 108 Å². The summed E-state index contributed by atoms with van der Waals surface area (Å²) in [5.41, 5.74) is 16.8. The van der Waals surface area contributed by atoms with Crippen LogP contribution in [0.3, 0.4) is 0 Å². The van der Waals surface area contributed by atoms with E-state index in [-0.39, 0.29) is 0 Å². The van der Waals surface area contributed by atoms with Gasteiger partial charge in [-0.1, -0.05) is 188 Å². The standard InChI is InChI=1S/C26H24N3.2C24H19N2.C20H17N2/c1-17-8-7-9-18(2)25(17)29-13-12-28(4)26(29)22-15-23-20(14-19(22)3)16-27-24-11-6-5-10-21(23)24;1-16-13-18-12-11-17-7-3-5-9-20(17)22(18)14-21(16)24-25-23-10-6-4-8-19(23)15-26(24)2;1-16-13-18-12-11-17-7-3-5-9-20(17)22(18)14-21(16)24-25-15-19-8-4-6-10-23(19)26(24)2;1-14-12-16-9-8-15-6-3-4-7-17(15)19(16)13-18(14)20-21-10-5-11-22(20)2/h5-16H,1-4H3;2*3-15H,1-2H3;3-13H,1-2H3/q4*+1. The first-order valence-corrected chi connectivity index (χ1v) is 35.2. The highest BCUT2D eigenvalue weighted by Crippen LogP contribution is 2.37. The summed E-state index contributed by atoms with van der Waals surface area (Å²) in [6.07, 6.45) is 14.3. The number of hydrogen-bond acceptors (Lipinski definition) is 4. The highest BCUT2D eigenvalue weighted by atomic mass is 15.1. The van der Waals surface area contributed by atoms with Crippen LogP contribution in [-0.2, 0) is 28.2 Å². The second kappa shape index (κ2) is 27.1. The molecule has 0 N–H and O–H groups in total. The number of aryl methyl sites for hydroxylation is 10. The molecule has 9 heteroatoms. The van der Waals surface area contributed by atoms with Gasteiger partial charge in [-0.3, -0.25) is 4.98 Å². The van der Waals surface area contributed by atoms with Gasteiger partial charge in [0.15, 0.2) is 11.7 Å². The van der Waals surface area contributed by atoms with Crippen molar-refractivity contribution in [3.63, 3.8) is 0 Å². The van der Waals surface area contributed by atoms with E-state index >= 15 is 0 Å². The van der Waals surface area contributed by atoms with Gasteiger partial charge in [-0.2, -0.15) is 4.57 Å². The summed E-state index contributed by atoms with van der Waals surface area (Å²) in [5.74, 6) is 4.17. The van der Waals surface area contributed by atoms with Crippen LogP contribution < -0.4 is 18.3 Å². The Bertz CT molecular complexity index is 6440. The molecule has 0 aliphatic carbocycles. The number of hydrogen-bond donors (Lipinski definition) is 0. The molecule has 14 aromatic carbocycles. The minimum absolute atomic E-state index is 0.995. The Morgan fingerprint density at radius 3 is 1.32 bits per heavy atom. The van der Waals surface area contributed by atoms with E-state index < -0.39 is 0 Å². The largest absolute Gasteiger partial charge is 0.331 e. The smallest absolute Gasteiger partial charge is 0.256 e. The molecule has 9 nitrogen and oxygen atoms in total. The van der Waals surface area contributed by atoms with Gasteiger partial charge in [-0.15, -0.1) is 0 Å². The van der Waals surface area contributed by atoms with Crippen LogP contribution >= 0.6 is 0 Å². The van der Waals surface area contributed by atoms with Gasteiger partial charge in [-0.25, -0.2) is 18.3 Å². The number of aromatic nitrogens is 9. The molecule has 0 unspecified atom stereocenters. The summed E-state index contributed by atoms with van der Waals surface area (Å²) >= 11 is 0. The van der Waals surface area contributed by atoms with Crippen molar-refractivity contribution in [1.29, 1.82) is 0 Å². The highest BCUT2D eigenvalue weighted by molar-refractivity contribution is 6.12. The summed E-state index contributed by atoms with van der Waals surface area (Å²) in [6, 6.07) is 90.6. The third kappa shape index (κ3) is 12.2. The van der Waals surface area contributed by atoms with Crippen molar-refractivity contribution in [2.45, 2.75) is 41.5 Å². The van der Waals surface area contributed by atoms with Crippen molar-refractivity contribution in [1.82, 2.24) is 24.5 Å². The van der Waals surface area contributed by atoms with E-state index in [1.54, 1.807) is 0 Å². The minimum atomic E-state index is 0.995. The molecule has 0 atom stereocenters. The molecule has 0 fully saturated rings. The molecular formula is C94H79N9+4. The third-order valence-electron chi connectivity index (χ3n) is 20.5. The maximum absolute atomic E-state index is 4.96. The highest BCUT2D eigenvalue weighted by Gasteiger charge is 2.26. The molecule has 0 saturated carbocycles. The van der Waals surface area contributed by atoms with Crippen molar-refractivity contribution in [3.05, 3.63) is 332 Å². The molecule has 5 heterocycles. The lowest BCUT2D eigenvalue weighted by molar-refractivity contribution is -0.663. The van der Waals surface area contributed by atoms with Gasteiger partial charge in [0.2, 0.25) is 0 Å². The first kappa shape index (κ1) is 64.9. The number of fused-ring (bicyclic) bond motifs is 14. The Kier molecular flexibility index (Phi) is 17.1. The lowest BCUT2D eigenvalue weighted by atomic mass is 9.96.